The Morgan fingerprint density at radius 3 is 2.78 bits per heavy atom. The highest BCUT2D eigenvalue weighted by Gasteiger charge is 2.21. The first kappa shape index (κ1) is 13.2. The quantitative estimate of drug-likeness (QED) is 0.630. The molecule has 1 unspecified atom stereocenters. The number of aromatic nitrogens is 2. The van der Waals surface area contributed by atoms with E-state index in [4.69, 9.17) is 10.6 Å². The first-order chi connectivity index (χ1) is 8.49. The third-order valence-electron chi connectivity index (χ3n) is 3.18. The number of nitrogen functional groups attached to an aromatic ring is 1. The fraction of sp³-hybridized carbons (Fsp3) is 0.692. The molecule has 1 aromatic rings. The molecule has 1 aliphatic rings. The summed E-state index contributed by atoms with van der Waals surface area (Å²) in [6, 6.07) is 1.91. The molecule has 0 radical (unpaired) electrons. The molecule has 0 aliphatic carbocycles. The summed E-state index contributed by atoms with van der Waals surface area (Å²) >= 11 is 0. The summed E-state index contributed by atoms with van der Waals surface area (Å²) in [6.45, 7) is 8.08. The largest absolute Gasteiger partial charge is 0.381 e. The van der Waals surface area contributed by atoms with Crippen molar-refractivity contribution in [2.45, 2.75) is 39.0 Å². The molecule has 0 spiro atoms. The summed E-state index contributed by atoms with van der Waals surface area (Å²) in [4.78, 5) is 9.08. The van der Waals surface area contributed by atoms with Crippen molar-refractivity contribution in [2.24, 2.45) is 11.8 Å². The molecule has 1 atom stereocenters. The third-order valence-corrected chi connectivity index (χ3v) is 3.18. The highest BCUT2D eigenvalue weighted by molar-refractivity contribution is 5.36. The molecule has 1 aliphatic heterocycles. The zero-order valence-corrected chi connectivity index (χ0v) is 11.4. The molecule has 1 aromatic heterocycles. The number of nitrogens with two attached hydrogens (primary N) is 1. The Morgan fingerprint density at radius 1 is 1.44 bits per heavy atom. The van der Waals surface area contributed by atoms with Gasteiger partial charge in [-0.3, -0.25) is 0 Å². The number of hydrazine groups is 1. The molecule has 0 saturated carbocycles. The van der Waals surface area contributed by atoms with Crippen LogP contribution in [0.1, 0.15) is 38.7 Å². The zero-order valence-electron chi connectivity index (χ0n) is 11.4. The normalized spacial score (nSPS) is 20.1. The fourth-order valence-electron chi connectivity index (χ4n) is 2.05. The van der Waals surface area contributed by atoms with Gasteiger partial charge in [-0.1, -0.05) is 20.8 Å². The van der Waals surface area contributed by atoms with Gasteiger partial charge in [0.15, 0.2) is 0 Å². The number of hydrogen-bond donors (Lipinski definition) is 2. The van der Waals surface area contributed by atoms with E-state index in [0.29, 0.717) is 11.7 Å². The SMILES string of the molecule is CC(C)(C)c1cc(NN)nc(CC2CCOC2)n1. The number of nitrogens with one attached hydrogen (secondary N) is 1. The summed E-state index contributed by atoms with van der Waals surface area (Å²) in [5, 5.41) is 0. The molecule has 0 bridgehead atoms. The predicted molar refractivity (Wildman–Crippen MR) is 71.2 cm³/mol. The summed E-state index contributed by atoms with van der Waals surface area (Å²) in [5.41, 5.74) is 3.63. The molecule has 1 saturated heterocycles. The van der Waals surface area contributed by atoms with Crippen LogP contribution in [0.25, 0.3) is 0 Å². The van der Waals surface area contributed by atoms with E-state index >= 15 is 0 Å². The standard InChI is InChI=1S/C13H22N4O/c1-13(2,3)10-7-12(17-14)16-11(15-10)6-9-4-5-18-8-9/h7,9H,4-6,8,14H2,1-3H3,(H,15,16,17). The van der Waals surface area contributed by atoms with Crippen LogP contribution >= 0.6 is 0 Å². The lowest BCUT2D eigenvalue weighted by Crippen LogP contribution is -2.19. The van der Waals surface area contributed by atoms with E-state index in [1.807, 2.05) is 6.07 Å². The zero-order chi connectivity index (χ0) is 13.2. The number of anilines is 1. The average Bonchev–Trinajstić information content (AvgIpc) is 2.80. The van der Waals surface area contributed by atoms with Crippen LogP contribution in [0.2, 0.25) is 0 Å². The van der Waals surface area contributed by atoms with E-state index in [2.05, 4.69) is 36.2 Å². The van der Waals surface area contributed by atoms with Gasteiger partial charge in [-0.25, -0.2) is 15.8 Å². The minimum absolute atomic E-state index is 0.00450. The Balaban J connectivity index is 2.23. The summed E-state index contributed by atoms with van der Waals surface area (Å²) in [6.07, 6.45) is 1.95. The van der Waals surface area contributed by atoms with Gasteiger partial charge in [0.1, 0.15) is 11.6 Å². The second kappa shape index (κ2) is 5.20. The van der Waals surface area contributed by atoms with Crippen molar-refractivity contribution in [1.29, 1.82) is 0 Å². The lowest BCUT2D eigenvalue weighted by Gasteiger charge is -2.19. The summed E-state index contributed by atoms with van der Waals surface area (Å²) in [7, 11) is 0. The van der Waals surface area contributed by atoms with E-state index in [-0.39, 0.29) is 5.41 Å². The van der Waals surface area contributed by atoms with Gasteiger partial charge in [0, 0.05) is 31.1 Å². The van der Waals surface area contributed by atoms with E-state index in [1.54, 1.807) is 0 Å². The monoisotopic (exact) mass is 250 g/mol. The van der Waals surface area contributed by atoms with Crippen molar-refractivity contribution in [2.75, 3.05) is 18.6 Å². The average molecular weight is 250 g/mol. The van der Waals surface area contributed by atoms with Crippen LogP contribution in [-0.4, -0.2) is 23.2 Å². The van der Waals surface area contributed by atoms with Crippen LogP contribution in [0.5, 0.6) is 0 Å². The van der Waals surface area contributed by atoms with Crippen molar-refractivity contribution in [3.63, 3.8) is 0 Å². The van der Waals surface area contributed by atoms with Crippen molar-refractivity contribution in [1.82, 2.24) is 9.97 Å². The van der Waals surface area contributed by atoms with Gasteiger partial charge >= 0.3 is 0 Å². The second-order valence-electron chi connectivity index (χ2n) is 5.88. The molecule has 0 amide bonds. The highest BCUT2D eigenvalue weighted by Crippen LogP contribution is 2.23. The first-order valence-corrected chi connectivity index (χ1v) is 6.42. The summed E-state index contributed by atoms with van der Waals surface area (Å²) < 4.78 is 5.39. The second-order valence-corrected chi connectivity index (χ2v) is 5.88. The van der Waals surface area contributed by atoms with Gasteiger partial charge < -0.3 is 10.2 Å². The number of hydrogen-bond acceptors (Lipinski definition) is 5. The van der Waals surface area contributed by atoms with Gasteiger partial charge in [-0.05, 0) is 12.3 Å². The Hall–Kier alpha value is -1.20. The predicted octanol–water partition coefficient (Wildman–Crippen LogP) is 1.64. The number of rotatable bonds is 3. The third kappa shape index (κ3) is 3.17. The molecular weight excluding hydrogens is 228 g/mol. The topological polar surface area (TPSA) is 73.1 Å². The molecule has 5 heteroatoms. The van der Waals surface area contributed by atoms with Crippen molar-refractivity contribution < 1.29 is 4.74 Å². The van der Waals surface area contributed by atoms with Crippen LogP contribution in [0.15, 0.2) is 6.07 Å². The molecule has 3 N–H and O–H groups in total. The molecule has 2 heterocycles. The van der Waals surface area contributed by atoms with Crippen LogP contribution in [0.3, 0.4) is 0 Å². The number of ether oxygens (including phenoxy) is 1. The minimum atomic E-state index is -0.00450. The van der Waals surface area contributed by atoms with Crippen LogP contribution in [0.4, 0.5) is 5.82 Å². The molecule has 2 rings (SSSR count). The molecule has 5 nitrogen and oxygen atoms in total. The van der Waals surface area contributed by atoms with Crippen LogP contribution < -0.4 is 11.3 Å². The van der Waals surface area contributed by atoms with Crippen molar-refractivity contribution in [3.05, 3.63) is 17.6 Å². The Morgan fingerprint density at radius 2 is 2.22 bits per heavy atom. The van der Waals surface area contributed by atoms with Gasteiger partial charge in [-0.15, -0.1) is 0 Å². The molecule has 1 fully saturated rings. The van der Waals surface area contributed by atoms with Gasteiger partial charge in [-0.2, -0.15) is 0 Å². The number of nitrogens with zero attached hydrogens (tertiary/aromatic N) is 2. The lowest BCUT2D eigenvalue weighted by molar-refractivity contribution is 0.185. The maximum atomic E-state index is 5.47. The van der Waals surface area contributed by atoms with Crippen LogP contribution in [-0.2, 0) is 16.6 Å². The van der Waals surface area contributed by atoms with E-state index in [1.165, 1.54) is 0 Å². The minimum Gasteiger partial charge on any atom is -0.381 e. The maximum absolute atomic E-state index is 5.47. The Bertz CT molecular complexity index is 408. The highest BCUT2D eigenvalue weighted by atomic mass is 16.5. The van der Waals surface area contributed by atoms with Crippen molar-refractivity contribution >= 4 is 5.82 Å². The van der Waals surface area contributed by atoms with Gasteiger partial charge in [0.2, 0.25) is 0 Å². The van der Waals surface area contributed by atoms with E-state index in [9.17, 15) is 0 Å². The van der Waals surface area contributed by atoms with Crippen molar-refractivity contribution in [3.8, 4) is 0 Å². The fourth-order valence-corrected chi connectivity index (χ4v) is 2.05. The summed E-state index contributed by atoms with van der Waals surface area (Å²) in [5.74, 6) is 7.54. The van der Waals surface area contributed by atoms with Gasteiger partial charge in [0.05, 0.1) is 5.69 Å². The Kier molecular flexibility index (Phi) is 3.82. The molecule has 18 heavy (non-hydrogen) atoms. The first-order valence-electron chi connectivity index (χ1n) is 6.42. The van der Waals surface area contributed by atoms with Gasteiger partial charge in [0.25, 0.3) is 0 Å². The molecule has 100 valence electrons. The maximum Gasteiger partial charge on any atom is 0.143 e. The molecule has 0 aromatic carbocycles. The smallest absolute Gasteiger partial charge is 0.143 e. The molecular formula is C13H22N4O. The van der Waals surface area contributed by atoms with E-state index < -0.39 is 0 Å². The lowest BCUT2D eigenvalue weighted by atomic mass is 9.91. The van der Waals surface area contributed by atoms with E-state index in [0.717, 1.165) is 37.6 Å². The Labute approximate surface area is 108 Å². The van der Waals surface area contributed by atoms with Crippen LogP contribution in [0, 0.1) is 5.92 Å².